The summed E-state index contributed by atoms with van der Waals surface area (Å²) in [4.78, 5) is 27.2. The number of morpholine rings is 1. The zero-order valence-electron chi connectivity index (χ0n) is 14.6. The number of carbonyl (C=O) groups excluding carboxylic acids is 1. The molecule has 7 nitrogen and oxygen atoms in total. The molecular formula is C19H19N3O4S. The summed E-state index contributed by atoms with van der Waals surface area (Å²) in [5.41, 5.74) is 2.71. The zero-order chi connectivity index (χ0) is 18.8. The molecule has 1 amide bonds. The van der Waals surface area contributed by atoms with E-state index in [2.05, 4.69) is 4.90 Å². The minimum absolute atomic E-state index is 0.00984. The van der Waals surface area contributed by atoms with Crippen LogP contribution in [0.2, 0.25) is 0 Å². The molecule has 0 N–H and O–H groups in total. The molecule has 4 rings (SSSR count). The van der Waals surface area contributed by atoms with Crippen molar-refractivity contribution in [3.05, 3.63) is 64.2 Å². The lowest BCUT2D eigenvalue weighted by molar-refractivity contribution is -0.384. The van der Waals surface area contributed by atoms with Crippen LogP contribution in [-0.2, 0) is 9.53 Å². The first-order chi connectivity index (χ1) is 13.1. The van der Waals surface area contributed by atoms with Crippen LogP contribution in [0.5, 0.6) is 0 Å². The van der Waals surface area contributed by atoms with Crippen LogP contribution in [0, 0.1) is 10.1 Å². The van der Waals surface area contributed by atoms with Gasteiger partial charge in [0.2, 0.25) is 5.91 Å². The molecule has 2 aromatic carbocycles. The summed E-state index contributed by atoms with van der Waals surface area (Å²) >= 11 is 1.49. The number of ether oxygens (including phenoxy) is 1. The monoisotopic (exact) mass is 385 g/mol. The van der Waals surface area contributed by atoms with Crippen LogP contribution in [0.4, 0.5) is 17.1 Å². The molecule has 2 aliphatic heterocycles. The number of nitrogens with zero attached hydrogens (tertiary/aromatic N) is 3. The fraction of sp³-hybridized carbons (Fsp3) is 0.316. The molecule has 2 aromatic rings. The highest BCUT2D eigenvalue weighted by atomic mass is 32.2. The highest BCUT2D eigenvalue weighted by molar-refractivity contribution is 8.00. The normalized spacial score (nSPS) is 20.1. The van der Waals surface area contributed by atoms with Crippen molar-refractivity contribution in [3.8, 4) is 0 Å². The van der Waals surface area contributed by atoms with Crippen molar-refractivity contribution in [1.82, 2.24) is 0 Å². The highest BCUT2D eigenvalue weighted by Crippen LogP contribution is 2.42. The van der Waals surface area contributed by atoms with E-state index in [9.17, 15) is 14.9 Å². The summed E-state index contributed by atoms with van der Waals surface area (Å²) in [7, 11) is 0. The summed E-state index contributed by atoms with van der Waals surface area (Å²) in [6.07, 6.45) is 0. The standard InChI is InChI=1S/C19H19N3O4S/c23-18-13-27-19(14-2-1-3-17(12-14)22(24)25)21(18)16-6-4-15(5-7-16)20-8-10-26-11-9-20/h1-7,12,19H,8-11,13H2. The molecule has 2 heterocycles. The number of anilines is 2. The van der Waals surface area contributed by atoms with Gasteiger partial charge in [0.15, 0.2) is 0 Å². The lowest BCUT2D eigenvalue weighted by Gasteiger charge is -2.30. The zero-order valence-corrected chi connectivity index (χ0v) is 15.4. The van der Waals surface area contributed by atoms with Gasteiger partial charge in [0.1, 0.15) is 5.37 Å². The van der Waals surface area contributed by atoms with Crippen LogP contribution in [0.3, 0.4) is 0 Å². The minimum atomic E-state index is -0.410. The molecule has 0 bridgehead atoms. The molecule has 0 spiro atoms. The lowest BCUT2D eigenvalue weighted by Crippen LogP contribution is -2.36. The topological polar surface area (TPSA) is 75.9 Å². The Kier molecular flexibility index (Phi) is 5.00. The van der Waals surface area contributed by atoms with Crippen molar-refractivity contribution >= 4 is 34.7 Å². The summed E-state index contributed by atoms with van der Waals surface area (Å²) in [6.45, 7) is 3.15. The second-order valence-electron chi connectivity index (χ2n) is 6.40. The number of hydrogen-bond donors (Lipinski definition) is 0. The Bertz CT molecular complexity index is 852. The summed E-state index contributed by atoms with van der Waals surface area (Å²) in [5.74, 6) is 0.370. The fourth-order valence-electron chi connectivity index (χ4n) is 3.39. The maximum Gasteiger partial charge on any atom is 0.269 e. The van der Waals surface area contributed by atoms with Crippen molar-refractivity contribution in [2.75, 3.05) is 41.9 Å². The smallest absolute Gasteiger partial charge is 0.269 e. The van der Waals surface area contributed by atoms with Gasteiger partial charge in [-0.25, -0.2) is 0 Å². The Hall–Kier alpha value is -2.58. The third-order valence-electron chi connectivity index (χ3n) is 4.74. The molecule has 1 unspecified atom stereocenters. The average molecular weight is 385 g/mol. The SMILES string of the molecule is O=C1CSC(c2cccc([N+](=O)[O-])c2)N1c1ccc(N2CCOCC2)cc1. The Labute approximate surface area is 161 Å². The Morgan fingerprint density at radius 2 is 1.78 bits per heavy atom. The van der Waals surface area contributed by atoms with E-state index < -0.39 is 4.92 Å². The van der Waals surface area contributed by atoms with Gasteiger partial charge < -0.3 is 9.64 Å². The van der Waals surface area contributed by atoms with Crippen LogP contribution in [0.15, 0.2) is 48.5 Å². The van der Waals surface area contributed by atoms with E-state index in [4.69, 9.17) is 4.74 Å². The van der Waals surface area contributed by atoms with E-state index in [1.165, 1.54) is 17.8 Å². The largest absolute Gasteiger partial charge is 0.378 e. The van der Waals surface area contributed by atoms with Gasteiger partial charge >= 0.3 is 0 Å². The van der Waals surface area contributed by atoms with E-state index in [1.807, 2.05) is 30.3 Å². The second kappa shape index (κ2) is 7.58. The molecule has 0 radical (unpaired) electrons. The summed E-state index contributed by atoms with van der Waals surface area (Å²) in [6, 6.07) is 14.4. The number of non-ortho nitro benzene ring substituents is 1. The second-order valence-corrected chi connectivity index (χ2v) is 7.46. The van der Waals surface area contributed by atoms with Crippen molar-refractivity contribution in [3.63, 3.8) is 0 Å². The number of hydrogen-bond acceptors (Lipinski definition) is 6. The van der Waals surface area contributed by atoms with Crippen molar-refractivity contribution < 1.29 is 14.5 Å². The van der Waals surface area contributed by atoms with Crippen molar-refractivity contribution in [2.24, 2.45) is 0 Å². The molecule has 0 aromatic heterocycles. The number of amides is 1. The predicted octanol–water partition coefficient (Wildman–Crippen LogP) is 3.21. The molecular weight excluding hydrogens is 366 g/mol. The van der Waals surface area contributed by atoms with Crippen LogP contribution in [0.1, 0.15) is 10.9 Å². The molecule has 2 saturated heterocycles. The number of nitro benzene ring substituents is 1. The molecule has 140 valence electrons. The van der Waals surface area contributed by atoms with Gasteiger partial charge in [-0.15, -0.1) is 11.8 Å². The molecule has 0 aliphatic carbocycles. The van der Waals surface area contributed by atoms with Crippen LogP contribution in [-0.4, -0.2) is 42.9 Å². The molecule has 8 heteroatoms. The first-order valence-electron chi connectivity index (χ1n) is 8.74. The van der Waals surface area contributed by atoms with E-state index in [-0.39, 0.29) is 17.0 Å². The highest BCUT2D eigenvalue weighted by Gasteiger charge is 2.34. The Balaban J connectivity index is 1.60. The maximum atomic E-state index is 12.5. The van der Waals surface area contributed by atoms with Crippen molar-refractivity contribution in [1.29, 1.82) is 0 Å². The average Bonchev–Trinajstić information content (AvgIpc) is 3.10. The molecule has 1 atom stereocenters. The van der Waals surface area contributed by atoms with E-state index in [1.54, 1.807) is 17.0 Å². The Morgan fingerprint density at radius 3 is 2.48 bits per heavy atom. The quantitative estimate of drug-likeness (QED) is 0.594. The van der Waals surface area contributed by atoms with Crippen LogP contribution < -0.4 is 9.80 Å². The predicted molar refractivity (Wildman–Crippen MR) is 105 cm³/mol. The van der Waals surface area contributed by atoms with Crippen LogP contribution in [0.25, 0.3) is 0 Å². The van der Waals surface area contributed by atoms with Gasteiger partial charge in [0, 0.05) is 36.6 Å². The molecule has 2 fully saturated rings. The van der Waals surface area contributed by atoms with Crippen molar-refractivity contribution in [2.45, 2.75) is 5.37 Å². The lowest BCUT2D eigenvalue weighted by atomic mass is 10.1. The molecule has 2 aliphatic rings. The van der Waals surface area contributed by atoms with Gasteiger partial charge in [-0.1, -0.05) is 12.1 Å². The molecule has 27 heavy (non-hydrogen) atoms. The van der Waals surface area contributed by atoms with Gasteiger partial charge in [-0.2, -0.15) is 0 Å². The third-order valence-corrected chi connectivity index (χ3v) is 5.95. The minimum Gasteiger partial charge on any atom is -0.378 e. The number of carbonyl (C=O) groups is 1. The number of nitro groups is 1. The van der Waals surface area contributed by atoms with E-state index >= 15 is 0 Å². The summed E-state index contributed by atoms with van der Waals surface area (Å²) in [5, 5.41) is 10.8. The first-order valence-corrected chi connectivity index (χ1v) is 9.79. The van der Waals surface area contributed by atoms with Gasteiger partial charge in [0.05, 0.1) is 23.9 Å². The summed E-state index contributed by atoms with van der Waals surface area (Å²) < 4.78 is 5.38. The first kappa shape index (κ1) is 17.8. The van der Waals surface area contributed by atoms with Gasteiger partial charge in [0.25, 0.3) is 5.69 Å². The third kappa shape index (κ3) is 3.63. The Morgan fingerprint density at radius 1 is 1.07 bits per heavy atom. The van der Waals surface area contributed by atoms with Crippen LogP contribution >= 0.6 is 11.8 Å². The van der Waals surface area contributed by atoms with Gasteiger partial charge in [-0.3, -0.25) is 19.8 Å². The number of thioether (sulfide) groups is 1. The van der Waals surface area contributed by atoms with E-state index in [0.717, 1.165) is 43.2 Å². The molecule has 0 saturated carbocycles. The fourth-order valence-corrected chi connectivity index (χ4v) is 4.55. The van der Waals surface area contributed by atoms with E-state index in [0.29, 0.717) is 5.75 Å². The van der Waals surface area contributed by atoms with Gasteiger partial charge in [-0.05, 0) is 29.8 Å². The number of rotatable bonds is 4. The number of benzene rings is 2. The maximum absolute atomic E-state index is 12.5.